The Kier molecular flexibility index (Phi) is 5.56. The summed E-state index contributed by atoms with van der Waals surface area (Å²) in [5, 5.41) is 4.21. The van der Waals surface area contributed by atoms with E-state index in [0.29, 0.717) is 6.10 Å². The third kappa shape index (κ3) is 4.06. The molecule has 3 rings (SSSR count). The van der Waals surface area contributed by atoms with E-state index in [2.05, 4.69) is 27.2 Å². The van der Waals surface area contributed by atoms with Gasteiger partial charge in [-0.2, -0.15) is 0 Å². The van der Waals surface area contributed by atoms with Crippen LogP contribution in [-0.4, -0.2) is 62.6 Å². The van der Waals surface area contributed by atoms with Crippen molar-refractivity contribution >= 4 is 23.0 Å². The second-order valence-electron chi connectivity index (χ2n) is 5.97. The number of piperazine rings is 1. The number of nitrogens with zero attached hydrogens (tertiary/aromatic N) is 2. The summed E-state index contributed by atoms with van der Waals surface area (Å²) >= 11 is 5.53. The number of anilines is 1. The van der Waals surface area contributed by atoms with Gasteiger partial charge >= 0.3 is 0 Å². The summed E-state index contributed by atoms with van der Waals surface area (Å²) in [5.41, 5.74) is 1.16. The topological polar surface area (TPSA) is 37.0 Å². The predicted molar refractivity (Wildman–Crippen MR) is 96.4 cm³/mol. The molecule has 0 aromatic heterocycles. The molecule has 1 atom stereocenters. The molecule has 0 spiro atoms. The van der Waals surface area contributed by atoms with Crippen molar-refractivity contribution in [1.29, 1.82) is 0 Å². The molecular weight excluding hydrogens is 310 g/mol. The lowest BCUT2D eigenvalue weighted by atomic mass is 10.2. The lowest BCUT2D eigenvalue weighted by Gasteiger charge is -2.38. The minimum absolute atomic E-state index is 0.322. The van der Waals surface area contributed by atoms with Gasteiger partial charge in [0.25, 0.3) is 0 Å². The maximum atomic E-state index is 5.63. The smallest absolute Gasteiger partial charge is 0.169 e. The van der Waals surface area contributed by atoms with Crippen molar-refractivity contribution in [3.05, 3.63) is 24.3 Å². The molecule has 2 aliphatic heterocycles. The molecule has 0 bridgehead atoms. The first-order valence-corrected chi connectivity index (χ1v) is 8.71. The summed E-state index contributed by atoms with van der Waals surface area (Å²) in [4.78, 5) is 4.61. The van der Waals surface area contributed by atoms with Gasteiger partial charge in [-0.05, 0) is 37.2 Å². The summed E-state index contributed by atoms with van der Waals surface area (Å²) in [6.07, 6.45) is 2.62. The first-order chi connectivity index (χ1) is 11.3. The van der Waals surface area contributed by atoms with Crippen LogP contribution in [0.4, 0.5) is 5.69 Å². The van der Waals surface area contributed by atoms with E-state index in [9.17, 15) is 0 Å². The number of ether oxygens (including phenoxy) is 2. The molecule has 0 saturated carbocycles. The molecule has 2 aliphatic rings. The highest BCUT2D eigenvalue weighted by Crippen LogP contribution is 2.28. The average molecular weight is 335 g/mol. The van der Waals surface area contributed by atoms with E-state index < -0.39 is 0 Å². The monoisotopic (exact) mass is 335 g/mol. The molecule has 1 unspecified atom stereocenters. The Bertz CT molecular complexity index is 526. The number of hydrogen-bond acceptors (Lipinski definition) is 4. The zero-order valence-corrected chi connectivity index (χ0v) is 14.5. The first kappa shape index (κ1) is 16.3. The fraction of sp³-hybridized carbons (Fsp3) is 0.588. The fourth-order valence-electron chi connectivity index (χ4n) is 3.16. The van der Waals surface area contributed by atoms with Crippen LogP contribution in [0.3, 0.4) is 0 Å². The fourth-order valence-corrected chi connectivity index (χ4v) is 3.43. The van der Waals surface area contributed by atoms with Gasteiger partial charge in [-0.25, -0.2) is 0 Å². The molecule has 1 aromatic rings. The highest BCUT2D eigenvalue weighted by Gasteiger charge is 2.22. The van der Waals surface area contributed by atoms with Crippen LogP contribution in [-0.2, 0) is 4.74 Å². The summed E-state index contributed by atoms with van der Waals surface area (Å²) in [6.45, 7) is 5.46. The summed E-state index contributed by atoms with van der Waals surface area (Å²) < 4.78 is 11.1. The Morgan fingerprint density at radius 1 is 1.30 bits per heavy atom. The van der Waals surface area contributed by atoms with Crippen molar-refractivity contribution in [3.8, 4) is 5.75 Å². The molecule has 2 fully saturated rings. The highest BCUT2D eigenvalue weighted by atomic mass is 32.1. The van der Waals surface area contributed by atoms with Crippen molar-refractivity contribution in [3.63, 3.8) is 0 Å². The summed E-state index contributed by atoms with van der Waals surface area (Å²) in [6, 6.07) is 8.18. The normalized spacial score (nSPS) is 21.3. The average Bonchev–Trinajstić information content (AvgIpc) is 3.13. The molecule has 0 radical (unpaired) electrons. The van der Waals surface area contributed by atoms with Crippen molar-refractivity contribution < 1.29 is 9.47 Å². The molecule has 0 amide bonds. The third-order valence-electron chi connectivity index (χ3n) is 4.50. The van der Waals surface area contributed by atoms with E-state index in [1.165, 1.54) is 0 Å². The van der Waals surface area contributed by atoms with E-state index in [-0.39, 0.29) is 0 Å². The Labute approximate surface area is 143 Å². The van der Waals surface area contributed by atoms with Crippen LogP contribution in [0.25, 0.3) is 0 Å². The van der Waals surface area contributed by atoms with Crippen molar-refractivity contribution in [2.24, 2.45) is 0 Å². The van der Waals surface area contributed by atoms with Crippen LogP contribution in [0.5, 0.6) is 5.75 Å². The molecular formula is C17H25N3O2S. The number of methoxy groups -OCH3 is 1. The van der Waals surface area contributed by atoms with Gasteiger partial charge in [0.2, 0.25) is 0 Å². The second kappa shape index (κ2) is 7.84. The number of benzene rings is 1. The lowest BCUT2D eigenvalue weighted by molar-refractivity contribution is 0.113. The number of hydrogen-bond donors (Lipinski definition) is 1. The van der Waals surface area contributed by atoms with Gasteiger partial charge in [0, 0.05) is 39.3 Å². The maximum absolute atomic E-state index is 5.63. The summed E-state index contributed by atoms with van der Waals surface area (Å²) in [5.74, 6) is 0.931. The molecule has 6 heteroatoms. The lowest BCUT2D eigenvalue weighted by Crippen LogP contribution is -2.52. The molecule has 1 N–H and O–H groups in total. The van der Waals surface area contributed by atoms with Crippen LogP contribution >= 0.6 is 12.2 Å². The van der Waals surface area contributed by atoms with Crippen LogP contribution in [0.15, 0.2) is 24.3 Å². The minimum Gasteiger partial charge on any atom is -0.495 e. The van der Waals surface area contributed by atoms with E-state index >= 15 is 0 Å². The Hall–Kier alpha value is -1.53. The van der Waals surface area contributed by atoms with Gasteiger partial charge in [0.15, 0.2) is 5.11 Å². The SMILES string of the molecule is COc1ccccc1N1CCN(C(=S)NCC2CCCO2)CC1. The zero-order valence-electron chi connectivity index (χ0n) is 13.7. The largest absolute Gasteiger partial charge is 0.495 e. The Morgan fingerprint density at radius 3 is 2.78 bits per heavy atom. The first-order valence-electron chi connectivity index (χ1n) is 8.30. The van der Waals surface area contributed by atoms with Crippen LogP contribution in [0.1, 0.15) is 12.8 Å². The van der Waals surface area contributed by atoms with E-state index in [0.717, 1.165) is 68.7 Å². The van der Waals surface area contributed by atoms with Gasteiger partial charge in [-0.15, -0.1) is 0 Å². The van der Waals surface area contributed by atoms with Gasteiger partial charge in [-0.1, -0.05) is 12.1 Å². The highest BCUT2D eigenvalue weighted by molar-refractivity contribution is 7.80. The van der Waals surface area contributed by atoms with Gasteiger partial charge < -0.3 is 24.6 Å². The Morgan fingerprint density at radius 2 is 2.09 bits per heavy atom. The van der Waals surface area contributed by atoms with Crippen molar-refractivity contribution in [1.82, 2.24) is 10.2 Å². The quantitative estimate of drug-likeness (QED) is 0.847. The Balaban J connectivity index is 1.48. The van der Waals surface area contributed by atoms with Gasteiger partial charge in [0.05, 0.1) is 18.9 Å². The number of thiocarbonyl (C=S) groups is 1. The number of nitrogens with one attached hydrogen (secondary N) is 1. The summed E-state index contributed by atoms with van der Waals surface area (Å²) in [7, 11) is 1.72. The third-order valence-corrected chi connectivity index (χ3v) is 4.90. The van der Waals surface area contributed by atoms with Crippen LogP contribution in [0, 0.1) is 0 Å². The molecule has 2 heterocycles. The van der Waals surface area contributed by atoms with E-state index in [1.54, 1.807) is 7.11 Å². The minimum atomic E-state index is 0.322. The van der Waals surface area contributed by atoms with E-state index in [1.807, 2.05) is 12.1 Å². The molecule has 5 nitrogen and oxygen atoms in total. The molecule has 2 saturated heterocycles. The maximum Gasteiger partial charge on any atom is 0.169 e. The van der Waals surface area contributed by atoms with Gasteiger partial charge in [0.1, 0.15) is 5.75 Å². The van der Waals surface area contributed by atoms with Crippen LogP contribution in [0.2, 0.25) is 0 Å². The standard InChI is InChI=1S/C17H25N3O2S/c1-21-16-7-3-2-6-15(16)19-8-10-20(11-9-19)17(23)18-13-14-5-4-12-22-14/h2-3,6-7,14H,4-5,8-13H2,1H3,(H,18,23). The predicted octanol–water partition coefficient (Wildman–Crippen LogP) is 1.87. The van der Waals surface area contributed by atoms with Crippen molar-refractivity contribution in [2.75, 3.05) is 51.3 Å². The molecule has 0 aliphatic carbocycles. The molecule has 1 aromatic carbocycles. The van der Waals surface area contributed by atoms with Crippen LogP contribution < -0.4 is 15.0 Å². The molecule has 23 heavy (non-hydrogen) atoms. The molecule has 126 valence electrons. The second-order valence-corrected chi connectivity index (χ2v) is 6.35. The van der Waals surface area contributed by atoms with Gasteiger partial charge in [-0.3, -0.25) is 0 Å². The van der Waals surface area contributed by atoms with E-state index in [4.69, 9.17) is 21.7 Å². The number of para-hydroxylation sites is 2. The van der Waals surface area contributed by atoms with Crippen molar-refractivity contribution in [2.45, 2.75) is 18.9 Å². The number of rotatable bonds is 4. The zero-order chi connectivity index (χ0) is 16.1.